The van der Waals surface area contributed by atoms with Gasteiger partial charge >= 0.3 is 0 Å². The molecule has 1 aromatic rings. The van der Waals surface area contributed by atoms with Crippen molar-refractivity contribution >= 4 is 14.2 Å². The lowest BCUT2D eigenvalue weighted by molar-refractivity contribution is 0.0796. The predicted octanol–water partition coefficient (Wildman–Crippen LogP) is 5.04. The van der Waals surface area contributed by atoms with E-state index in [-0.39, 0.29) is 19.9 Å². The Balaban J connectivity index is 2.51. The molecule has 2 nitrogen and oxygen atoms in total. The fraction of sp³-hybridized carbons (Fsp3) is 0.588. The highest BCUT2D eigenvalue weighted by molar-refractivity contribution is 7.24. The number of carbonyl (C=O) groups excluding carboxylic acids is 1. The fourth-order valence-corrected chi connectivity index (χ4v) is 4.31. The van der Waals surface area contributed by atoms with Gasteiger partial charge in [0.15, 0.2) is 14.2 Å². The molecule has 1 unspecified atom stereocenters. The lowest BCUT2D eigenvalue weighted by Gasteiger charge is -2.31. The number of hydrogen-bond acceptors (Lipinski definition) is 2. The minimum absolute atomic E-state index is 0.0913. The summed E-state index contributed by atoms with van der Waals surface area (Å²) in [6.07, 6.45) is 3.87. The second kappa shape index (κ2) is 5.77. The second-order valence-corrected chi connectivity index (χ2v) is 7.23. The molecule has 0 amide bonds. The monoisotopic (exact) mass is 290 g/mol. The molecule has 1 atom stereocenters. The molecule has 20 heavy (non-hydrogen) atoms. The Morgan fingerprint density at radius 1 is 1.15 bits per heavy atom. The number of Topliss-reactive ketones (excluding diaryl/α,β-unsaturated/α-hetero) is 1. The van der Waals surface area contributed by atoms with Crippen molar-refractivity contribution in [1.82, 2.24) is 0 Å². The first-order valence-corrected chi connectivity index (χ1v) is 8.25. The van der Waals surface area contributed by atoms with Crippen LogP contribution >= 0.6 is 8.46 Å². The Bertz CT molecular complexity index is 519. The smallest absolute Gasteiger partial charge is 0.170 e. The molecule has 0 aromatic heterocycles. The molecule has 1 aliphatic carbocycles. The molecule has 1 saturated carbocycles. The molecule has 0 radical (unpaired) electrons. The van der Waals surface area contributed by atoms with E-state index in [4.69, 9.17) is 0 Å². The van der Waals surface area contributed by atoms with Crippen LogP contribution in [0.25, 0.3) is 0 Å². The van der Waals surface area contributed by atoms with Crippen molar-refractivity contribution in [3.05, 3.63) is 34.4 Å². The van der Waals surface area contributed by atoms with Crippen LogP contribution < -0.4 is 0 Å². The summed E-state index contributed by atoms with van der Waals surface area (Å²) in [7, 11) is 0.0913. The number of aryl methyl sites for hydroxylation is 3. The lowest BCUT2D eigenvalue weighted by atomic mass is 9.74. The molecule has 3 heteroatoms. The summed E-state index contributed by atoms with van der Waals surface area (Å²) in [5.41, 5.74) is 3.62. The van der Waals surface area contributed by atoms with Crippen molar-refractivity contribution in [2.75, 3.05) is 0 Å². The standard InChI is InChI=1S/C17H23O2P/c1-11-9-12(2)15(13(3)10-11)16(18)17(14(4)20-19)7-5-6-8-17/h9-10,14H,5-8H2,1-4H3. The van der Waals surface area contributed by atoms with Gasteiger partial charge in [0.1, 0.15) is 0 Å². The van der Waals surface area contributed by atoms with E-state index in [1.165, 1.54) is 5.56 Å². The van der Waals surface area contributed by atoms with Crippen LogP contribution in [-0.4, -0.2) is 11.4 Å². The van der Waals surface area contributed by atoms with Gasteiger partial charge in [-0.1, -0.05) is 37.5 Å². The third kappa shape index (κ3) is 2.46. The van der Waals surface area contributed by atoms with Crippen LogP contribution in [0, 0.1) is 26.2 Å². The minimum atomic E-state index is -0.423. The summed E-state index contributed by atoms with van der Waals surface area (Å²) in [5, 5.41) is 0. The highest BCUT2D eigenvalue weighted by Gasteiger charge is 2.46. The normalized spacial score (nSPS) is 19.2. The first-order valence-electron chi connectivity index (χ1n) is 7.37. The van der Waals surface area contributed by atoms with Gasteiger partial charge in [-0.25, -0.2) is 0 Å². The molecule has 0 heterocycles. The quantitative estimate of drug-likeness (QED) is 0.575. The third-order valence-electron chi connectivity index (χ3n) is 4.81. The highest BCUT2D eigenvalue weighted by Crippen LogP contribution is 2.48. The molecular weight excluding hydrogens is 267 g/mol. The second-order valence-electron chi connectivity index (χ2n) is 6.25. The maximum atomic E-state index is 13.2. The van der Waals surface area contributed by atoms with Crippen LogP contribution in [0.5, 0.6) is 0 Å². The average Bonchev–Trinajstić information content (AvgIpc) is 2.87. The minimum Gasteiger partial charge on any atom is -0.293 e. The Morgan fingerprint density at radius 2 is 1.65 bits per heavy atom. The molecule has 0 N–H and O–H groups in total. The van der Waals surface area contributed by atoms with Gasteiger partial charge in [0.2, 0.25) is 0 Å². The van der Waals surface area contributed by atoms with Gasteiger partial charge in [-0.05, 0) is 44.7 Å². The average molecular weight is 290 g/mol. The summed E-state index contributed by atoms with van der Waals surface area (Å²) in [5.74, 6) is 0.209. The SMILES string of the molecule is Cc1cc(C)c(C(=O)C2(C(C)P=O)CCCC2)c(C)c1. The summed E-state index contributed by atoms with van der Waals surface area (Å²) < 4.78 is 11.4. The number of carbonyl (C=O) groups is 1. The van der Waals surface area contributed by atoms with Gasteiger partial charge in [-0.2, -0.15) is 0 Å². The summed E-state index contributed by atoms with van der Waals surface area (Å²) in [6, 6.07) is 4.14. The summed E-state index contributed by atoms with van der Waals surface area (Å²) >= 11 is 0. The van der Waals surface area contributed by atoms with Gasteiger partial charge in [0.25, 0.3) is 0 Å². The van der Waals surface area contributed by atoms with Gasteiger partial charge in [0, 0.05) is 16.6 Å². The van der Waals surface area contributed by atoms with E-state index < -0.39 is 5.41 Å². The largest absolute Gasteiger partial charge is 0.293 e. The zero-order chi connectivity index (χ0) is 14.9. The third-order valence-corrected chi connectivity index (χ3v) is 5.62. The van der Waals surface area contributed by atoms with E-state index in [0.717, 1.165) is 42.4 Å². The molecule has 1 fully saturated rings. The Hall–Kier alpha value is -1.01. The Labute approximate surface area is 123 Å². The van der Waals surface area contributed by atoms with Crippen LogP contribution in [-0.2, 0) is 4.57 Å². The molecule has 0 saturated heterocycles. The van der Waals surface area contributed by atoms with Crippen LogP contribution in [0.2, 0.25) is 0 Å². The molecule has 2 rings (SSSR count). The number of rotatable bonds is 4. The van der Waals surface area contributed by atoms with E-state index in [0.29, 0.717) is 0 Å². The van der Waals surface area contributed by atoms with E-state index in [9.17, 15) is 9.36 Å². The van der Waals surface area contributed by atoms with Crippen LogP contribution in [0.3, 0.4) is 0 Å². The first kappa shape index (κ1) is 15.4. The van der Waals surface area contributed by atoms with Crippen molar-refractivity contribution in [2.45, 2.75) is 59.0 Å². The summed E-state index contributed by atoms with van der Waals surface area (Å²) in [4.78, 5) is 13.2. The Morgan fingerprint density at radius 3 is 2.10 bits per heavy atom. The predicted molar refractivity (Wildman–Crippen MR) is 83.0 cm³/mol. The topological polar surface area (TPSA) is 34.1 Å². The van der Waals surface area contributed by atoms with Crippen LogP contribution in [0.15, 0.2) is 12.1 Å². The number of ketones is 1. The van der Waals surface area contributed by atoms with Gasteiger partial charge in [-0.15, -0.1) is 0 Å². The number of hydrogen-bond donors (Lipinski definition) is 0. The van der Waals surface area contributed by atoms with E-state index in [2.05, 4.69) is 19.1 Å². The molecule has 0 spiro atoms. The maximum Gasteiger partial charge on any atom is 0.170 e. The summed E-state index contributed by atoms with van der Waals surface area (Å²) in [6.45, 7) is 8.01. The number of benzene rings is 1. The lowest BCUT2D eigenvalue weighted by Crippen LogP contribution is -2.36. The molecule has 1 aliphatic rings. The van der Waals surface area contributed by atoms with Crippen LogP contribution in [0.1, 0.15) is 59.7 Å². The van der Waals surface area contributed by atoms with Crippen molar-refractivity contribution in [2.24, 2.45) is 5.41 Å². The molecule has 1 aromatic carbocycles. The fourth-order valence-electron chi connectivity index (χ4n) is 3.73. The zero-order valence-corrected chi connectivity index (χ0v) is 13.7. The van der Waals surface area contributed by atoms with E-state index >= 15 is 0 Å². The van der Waals surface area contributed by atoms with Gasteiger partial charge < -0.3 is 0 Å². The van der Waals surface area contributed by atoms with Crippen molar-refractivity contribution < 1.29 is 9.36 Å². The maximum absolute atomic E-state index is 13.2. The van der Waals surface area contributed by atoms with E-state index in [1.807, 2.05) is 20.8 Å². The first-order chi connectivity index (χ1) is 9.42. The molecule has 0 aliphatic heterocycles. The van der Waals surface area contributed by atoms with Gasteiger partial charge in [0.05, 0.1) is 0 Å². The van der Waals surface area contributed by atoms with Crippen LogP contribution in [0.4, 0.5) is 0 Å². The highest BCUT2D eigenvalue weighted by atomic mass is 31.1. The van der Waals surface area contributed by atoms with Crippen molar-refractivity contribution in [3.8, 4) is 0 Å². The van der Waals surface area contributed by atoms with Crippen molar-refractivity contribution in [1.29, 1.82) is 0 Å². The molecule has 108 valence electrons. The Kier molecular flexibility index (Phi) is 4.44. The van der Waals surface area contributed by atoms with Gasteiger partial charge in [-0.3, -0.25) is 9.36 Å². The molecular formula is C17H23O2P. The van der Waals surface area contributed by atoms with E-state index in [1.54, 1.807) is 0 Å². The van der Waals surface area contributed by atoms with Crippen molar-refractivity contribution in [3.63, 3.8) is 0 Å². The molecule has 0 bridgehead atoms. The zero-order valence-electron chi connectivity index (χ0n) is 12.8.